The number of carboxylic acid groups (broad SMARTS) is 1. The summed E-state index contributed by atoms with van der Waals surface area (Å²) in [6.45, 7) is 3.88. The monoisotopic (exact) mass is 236 g/mol. The Kier molecular flexibility index (Phi) is 4.23. The van der Waals surface area contributed by atoms with Crippen molar-refractivity contribution in [1.82, 2.24) is 5.32 Å². The molecule has 0 bridgehead atoms. The molecule has 4 N–H and O–H groups in total. The second kappa shape index (κ2) is 5.45. The van der Waals surface area contributed by atoms with Crippen molar-refractivity contribution >= 4 is 11.9 Å². The minimum atomic E-state index is -0.892. The SMILES string of the molecule is Cc1cc(C(N)=O)ccc1CNC(C)C(=O)O. The second-order valence-electron chi connectivity index (χ2n) is 3.95. The Hall–Kier alpha value is -1.88. The van der Waals surface area contributed by atoms with Crippen LogP contribution < -0.4 is 11.1 Å². The van der Waals surface area contributed by atoms with Crippen LogP contribution in [0.3, 0.4) is 0 Å². The summed E-state index contributed by atoms with van der Waals surface area (Å²) in [7, 11) is 0. The second-order valence-corrected chi connectivity index (χ2v) is 3.95. The fourth-order valence-corrected chi connectivity index (χ4v) is 1.40. The van der Waals surface area contributed by atoms with Gasteiger partial charge in [0.2, 0.25) is 5.91 Å². The van der Waals surface area contributed by atoms with Crippen LogP contribution in [0.15, 0.2) is 18.2 Å². The summed E-state index contributed by atoms with van der Waals surface area (Å²) < 4.78 is 0. The molecular weight excluding hydrogens is 220 g/mol. The molecule has 1 aromatic rings. The third-order valence-corrected chi connectivity index (χ3v) is 2.60. The van der Waals surface area contributed by atoms with Crippen molar-refractivity contribution in [3.05, 3.63) is 34.9 Å². The van der Waals surface area contributed by atoms with Gasteiger partial charge in [0.15, 0.2) is 0 Å². The van der Waals surface area contributed by atoms with Crippen molar-refractivity contribution in [2.75, 3.05) is 0 Å². The minimum absolute atomic E-state index is 0.443. The smallest absolute Gasteiger partial charge is 0.320 e. The Morgan fingerprint density at radius 2 is 2.12 bits per heavy atom. The maximum Gasteiger partial charge on any atom is 0.320 e. The molecule has 1 rings (SSSR count). The number of amides is 1. The Labute approximate surface area is 99.6 Å². The van der Waals surface area contributed by atoms with Crippen molar-refractivity contribution in [3.8, 4) is 0 Å². The van der Waals surface area contributed by atoms with Gasteiger partial charge in [-0.25, -0.2) is 0 Å². The normalized spacial score (nSPS) is 12.1. The molecule has 0 aliphatic rings. The molecule has 0 aliphatic carbocycles. The van der Waals surface area contributed by atoms with E-state index in [1.165, 1.54) is 0 Å². The molecule has 1 aromatic carbocycles. The number of nitrogens with two attached hydrogens (primary N) is 1. The van der Waals surface area contributed by atoms with E-state index in [2.05, 4.69) is 5.32 Å². The maximum absolute atomic E-state index is 10.9. The standard InChI is InChI=1S/C12H16N2O3/c1-7-5-9(11(13)15)3-4-10(7)6-14-8(2)12(16)17/h3-5,8,14H,6H2,1-2H3,(H2,13,15)(H,16,17). The number of rotatable bonds is 5. The van der Waals surface area contributed by atoms with Gasteiger partial charge in [0.25, 0.3) is 0 Å². The number of carbonyl (C=O) groups excluding carboxylic acids is 1. The number of benzene rings is 1. The van der Waals surface area contributed by atoms with E-state index in [9.17, 15) is 9.59 Å². The lowest BCUT2D eigenvalue weighted by atomic mass is 10.0. The predicted octanol–water partition coefficient (Wildman–Crippen LogP) is 0.657. The predicted molar refractivity (Wildman–Crippen MR) is 63.6 cm³/mol. The highest BCUT2D eigenvalue weighted by Crippen LogP contribution is 2.10. The van der Waals surface area contributed by atoms with E-state index >= 15 is 0 Å². The molecule has 0 fully saturated rings. The van der Waals surface area contributed by atoms with Crippen molar-refractivity contribution in [2.45, 2.75) is 26.4 Å². The highest BCUT2D eigenvalue weighted by atomic mass is 16.4. The van der Waals surface area contributed by atoms with Crippen molar-refractivity contribution < 1.29 is 14.7 Å². The van der Waals surface area contributed by atoms with Gasteiger partial charge in [0.1, 0.15) is 6.04 Å². The number of aryl methyl sites for hydroxylation is 1. The Bertz CT molecular complexity index is 443. The number of hydrogen-bond donors (Lipinski definition) is 3. The minimum Gasteiger partial charge on any atom is -0.480 e. The van der Waals surface area contributed by atoms with Gasteiger partial charge in [0, 0.05) is 12.1 Å². The van der Waals surface area contributed by atoms with Crippen LogP contribution in [-0.4, -0.2) is 23.0 Å². The van der Waals surface area contributed by atoms with Gasteiger partial charge >= 0.3 is 5.97 Å². The van der Waals surface area contributed by atoms with E-state index in [1.807, 2.05) is 6.92 Å². The summed E-state index contributed by atoms with van der Waals surface area (Å²) >= 11 is 0. The summed E-state index contributed by atoms with van der Waals surface area (Å²) in [6.07, 6.45) is 0. The van der Waals surface area contributed by atoms with E-state index in [4.69, 9.17) is 10.8 Å². The summed E-state index contributed by atoms with van der Waals surface area (Å²) in [4.78, 5) is 21.6. The summed E-state index contributed by atoms with van der Waals surface area (Å²) in [5.74, 6) is -1.36. The van der Waals surface area contributed by atoms with Crippen LogP contribution in [0, 0.1) is 6.92 Å². The zero-order chi connectivity index (χ0) is 13.0. The first-order valence-electron chi connectivity index (χ1n) is 5.27. The van der Waals surface area contributed by atoms with Crippen LogP contribution in [0.4, 0.5) is 0 Å². The average molecular weight is 236 g/mol. The van der Waals surface area contributed by atoms with Gasteiger partial charge in [-0.3, -0.25) is 9.59 Å². The quantitative estimate of drug-likeness (QED) is 0.700. The molecule has 1 unspecified atom stereocenters. The first kappa shape index (κ1) is 13.2. The zero-order valence-electron chi connectivity index (χ0n) is 9.86. The number of nitrogens with one attached hydrogen (secondary N) is 1. The summed E-state index contributed by atoms with van der Waals surface area (Å²) in [5, 5.41) is 11.6. The molecule has 1 amide bonds. The van der Waals surface area contributed by atoms with Gasteiger partial charge in [-0.2, -0.15) is 0 Å². The molecular formula is C12H16N2O3. The Morgan fingerprint density at radius 3 is 2.59 bits per heavy atom. The molecule has 0 aromatic heterocycles. The van der Waals surface area contributed by atoms with E-state index in [1.54, 1.807) is 25.1 Å². The fraction of sp³-hybridized carbons (Fsp3) is 0.333. The lowest BCUT2D eigenvalue weighted by Crippen LogP contribution is -2.33. The van der Waals surface area contributed by atoms with Crippen molar-refractivity contribution in [2.24, 2.45) is 5.73 Å². The molecule has 0 radical (unpaired) electrons. The molecule has 5 nitrogen and oxygen atoms in total. The van der Waals surface area contributed by atoms with Crippen LogP contribution >= 0.6 is 0 Å². The Morgan fingerprint density at radius 1 is 1.47 bits per heavy atom. The van der Waals surface area contributed by atoms with E-state index in [0.717, 1.165) is 11.1 Å². The third kappa shape index (κ3) is 3.57. The first-order chi connectivity index (χ1) is 7.91. The fourth-order valence-electron chi connectivity index (χ4n) is 1.40. The molecule has 17 heavy (non-hydrogen) atoms. The summed E-state index contributed by atoms with van der Waals surface area (Å²) in [6, 6.07) is 4.50. The van der Waals surface area contributed by atoms with Gasteiger partial charge in [0.05, 0.1) is 0 Å². The third-order valence-electron chi connectivity index (χ3n) is 2.60. The van der Waals surface area contributed by atoms with Crippen molar-refractivity contribution in [1.29, 1.82) is 0 Å². The number of carbonyl (C=O) groups is 2. The molecule has 92 valence electrons. The highest BCUT2D eigenvalue weighted by molar-refractivity contribution is 5.93. The van der Waals surface area contributed by atoms with E-state index in [0.29, 0.717) is 12.1 Å². The first-order valence-corrected chi connectivity index (χ1v) is 5.27. The van der Waals surface area contributed by atoms with E-state index in [-0.39, 0.29) is 0 Å². The van der Waals surface area contributed by atoms with Crippen LogP contribution in [0.1, 0.15) is 28.4 Å². The molecule has 0 saturated carbocycles. The van der Waals surface area contributed by atoms with Crippen LogP contribution in [-0.2, 0) is 11.3 Å². The molecule has 1 atom stereocenters. The largest absolute Gasteiger partial charge is 0.480 e. The number of hydrogen-bond acceptors (Lipinski definition) is 3. The van der Waals surface area contributed by atoms with Crippen LogP contribution in [0.2, 0.25) is 0 Å². The van der Waals surface area contributed by atoms with Gasteiger partial charge in [-0.05, 0) is 37.1 Å². The van der Waals surface area contributed by atoms with E-state index < -0.39 is 17.9 Å². The topological polar surface area (TPSA) is 92.4 Å². The van der Waals surface area contributed by atoms with Crippen molar-refractivity contribution in [3.63, 3.8) is 0 Å². The lowest BCUT2D eigenvalue weighted by molar-refractivity contribution is -0.139. The van der Waals surface area contributed by atoms with Crippen LogP contribution in [0.5, 0.6) is 0 Å². The van der Waals surface area contributed by atoms with Gasteiger partial charge in [-0.15, -0.1) is 0 Å². The molecule has 0 heterocycles. The number of aliphatic carboxylic acids is 1. The molecule has 0 spiro atoms. The van der Waals surface area contributed by atoms with Gasteiger partial charge < -0.3 is 16.2 Å². The number of primary amides is 1. The molecule has 0 saturated heterocycles. The van der Waals surface area contributed by atoms with Crippen LogP contribution in [0.25, 0.3) is 0 Å². The number of carboxylic acids is 1. The Balaban J connectivity index is 2.73. The average Bonchev–Trinajstić information content (AvgIpc) is 2.26. The highest BCUT2D eigenvalue weighted by Gasteiger charge is 2.10. The van der Waals surface area contributed by atoms with Gasteiger partial charge in [-0.1, -0.05) is 6.07 Å². The maximum atomic E-state index is 10.9. The molecule has 0 aliphatic heterocycles. The lowest BCUT2D eigenvalue weighted by Gasteiger charge is -2.11. The summed E-state index contributed by atoms with van der Waals surface area (Å²) in [5.41, 5.74) is 7.47. The zero-order valence-corrected chi connectivity index (χ0v) is 9.86. The molecule has 5 heteroatoms.